The van der Waals surface area contributed by atoms with E-state index in [1.807, 2.05) is 30.3 Å². The van der Waals surface area contributed by atoms with Gasteiger partial charge in [-0.05, 0) is 50.3 Å². The maximum absolute atomic E-state index is 12.3. The molecule has 1 N–H and O–H groups in total. The van der Waals surface area contributed by atoms with Crippen LogP contribution in [-0.2, 0) is 15.8 Å². The lowest BCUT2D eigenvalue weighted by molar-refractivity contribution is 0.161. The van der Waals surface area contributed by atoms with Crippen LogP contribution in [0.3, 0.4) is 0 Å². The van der Waals surface area contributed by atoms with E-state index in [-0.39, 0.29) is 11.8 Å². The number of piperidine rings is 1. The molecule has 0 atom stereocenters. The van der Waals surface area contributed by atoms with Gasteiger partial charge in [0.15, 0.2) is 0 Å². The van der Waals surface area contributed by atoms with Crippen LogP contribution in [-0.4, -0.2) is 39.0 Å². The van der Waals surface area contributed by atoms with Crippen LogP contribution in [0.25, 0.3) is 0 Å². The summed E-state index contributed by atoms with van der Waals surface area (Å²) in [6.07, 6.45) is 8.80. The normalized spacial score (nSPS) is 21.8. The monoisotopic (exact) mass is 350 g/mol. The molecule has 24 heavy (non-hydrogen) atoms. The van der Waals surface area contributed by atoms with Crippen LogP contribution in [0.15, 0.2) is 30.3 Å². The Kier molecular flexibility index (Phi) is 6.31. The highest BCUT2D eigenvalue weighted by Crippen LogP contribution is 2.25. The van der Waals surface area contributed by atoms with Crippen LogP contribution in [0, 0.1) is 5.92 Å². The fourth-order valence-corrected chi connectivity index (χ4v) is 5.52. The topological polar surface area (TPSA) is 49.4 Å². The summed E-state index contributed by atoms with van der Waals surface area (Å²) in [5, 5.41) is 0. The first-order chi connectivity index (χ1) is 11.6. The smallest absolute Gasteiger partial charge is 0.216 e. The summed E-state index contributed by atoms with van der Waals surface area (Å²) in [6, 6.07) is 9.51. The summed E-state index contributed by atoms with van der Waals surface area (Å²) < 4.78 is 27.6. The number of hydrogen-bond acceptors (Lipinski definition) is 3. The van der Waals surface area contributed by atoms with Crippen molar-refractivity contribution in [3.63, 3.8) is 0 Å². The average molecular weight is 351 g/mol. The van der Waals surface area contributed by atoms with Gasteiger partial charge in [0.1, 0.15) is 0 Å². The quantitative estimate of drug-likeness (QED) is 0.857. The highest BCUT2D eigenvalue weighted by Gasteiger charge is 2.25. The van der Waals surface area contributed by atoms with Gasteiger partial charge < -0.3 is 4.90 Å². The minimum absolute atomic E-state index is 0.0795. The van der Waals surface area contributed by atoms with Crippen LogP contribution >= 0.6 is 0 Å². The van der Waals surface area contributed by atoms with Crippen molar-refractivity contribution in [3.8, 4) is 0 Å². The summed E-state index contributed by atoms with van der Waals surface area (Å²) in [7, 11) is -3.25. The summed E-state index contributed by atoms with van der Waals surface area (Å²) in [5.41, 5.74) is 0.847. The summed E-state index contributed by atoms with van der Waals surface area (Å²) in [4.78, 5) is 2.54. The Bertz CT molecular complexity index is 589. The Morgan fingerprint density at radius 3 is 2.29 bits per heavy atom. The van der Waals surface area contributed by atoms with Crippen LogP contribution in [0.1, 0.15) is 50.5 Å². The highest BCUT2D eigenvalue weighted by molar-refractivity contribution is 7.88. The van der Waals surface area contributed by atoms with Crippen LogP contribution in [0.5, 0.6) is 0 Å². The van der Waals surface area contributed by atoms with Gasteiger partial charge in [-0.2, -0.15) is 0 Å². The predicted octanol–water partition coefficient (Wildman–Crippen LogP) is 3.15. The number of benzene rings is 1. The molecule has 2 fully saturated rings. The van der Waals surface area contributed by atoms with Crippen molar-refractivity contribution in [2.45, 2.75) is 56.7 Å². The van der Waals surface area contributed by atoms with Gasteiger partial charge in [0.2, 0.25) is 10.0 Å². The van der Waals surface area contributed by atoms with Crippen LogP contribution in [0.2, 0.25) is 0 Å². The van der Waals surface area contributed by atoms with Gasteiger partial charge in [0, 0.05) is 12.6 Å². The number of nitrogens with one attached hydrogen (secondary N) is 1. The summed E-state index contributed by atoms with van der Waals surface area (Å²) in [5.74, 6) is 0.945. The van der Waals surface area contributed by atoms with E-state index in [2.05, 4.69) is 9.62 Å². The lowest BCUT2D eigenvalue weighted by Gasteiger charge is -2.35. The summed E-state index contributed by atoms with van der Waals surface area (Å²) in [6.45, 7) is 3.26. The molecule has 0 bridgehead atoms. The Labute approximate surface area is 146 Å². The maximum Gasteiger partial charge on any atom is 0.216 e. The van der Waals surface area contributed by atoms with Gasteiger partial charge in [-0.3, -0.25) is 0 Å². The molecule has 1 aliphatic carbocycles. The third-order valence-corrected chi connectivity index (χ3v) is 6.78. The van der Waals surface area contributed by atoms with E-state index in [1.165, 1.54) is 38.6 Å². The van der Waals surface area contributed by atoms with E-state index < -0.39 is 10.0 Å². The molecule has 2 aliphatic rings. The van der Waals surface area contributed by atoms with Crippen molar-refractivity contribution in [3.05, 3.63) is 35.9 Å². The first kappa shape index (κ1) is 17.9. The molecule has 0 spiro atoms. The second-order valence-electron chi connectivity index (χ2n) is 7.44. The zero-order valence-electron chi connectivity index (χ0n) is 14.5. The van der Waals surface area contributed by atoms with Gasteiger partial charge in [-0.1, -0.05) is 49.6 Å². The number of hydrogen-bond donors (Lipinski definition) is 1. The molecule has 4 nitrogen and oxygen atoms in total. The molecule has 5 heteroatoms. The lowest BCUT2D eigenvalue weighted by Crippen LogP contribution is -2.46. The largest absolute Gasteiger partial charge is 0.303 e. The zero-order valence-corrected chi connectivity index (χ0v) is 15.3. The van der Waals surface area contributed by atoms with E-state index in [9.17, 15) is 8.42 Å². The maximum atomic E-state index is 12.3. The van der Waals surface area contributed by atoms with E-state index in [4.69, 9.17) is 0 Å². The molecule has 1 heterocycles. The fraction of sp³-hybridized carbons (Fsp3) is 0.684. The van der Waals surface area contributed by atoms with Crippen molar-refractivity contribution in [1.82, 2.24) is 9.62 Å². The lowest BCUT2D eigenvalue weighted by atomic mass is 9.88. The molecular weight excluding hydrogens is 320 g/mol. The van der Waals surface area contributed by atoms with E-state index in [0.29, 0.717) is 0 Å². The second kappa shape index (κ2) is 8.45. The molecule has 1 saturated carbocycles. The molecule has 1 saturated heterocycles. The summed E-state index contributed by atoms with van der Waals surface area (Å²) >= 11 is 0. The van der Waals surface area contributed by atoms with E-state index in [0.717, 1.165) is 37.4 Å². The Morgan fingerprint density at radius 1 is 0.958 bits per heavy atom. The first-order valence-corrected chi connectivity index (χ1v) is 11.0. The third-order valence-electron chi connectivity index (χ3n) is 5.37. The zero-order chi connectivity index (χ0) is 16.8. The minimum Gasteiger partial charge on any atom is -0.303 e. The van der Waals surface area contributed by atoms with Gasteiger partial charge in [0.05, 0.1) is 5.75 Å². The van der Waals surface area contributed by atoms with E-state index >= 15 is 0 Å². The number of rotatable bonds is 6. The van der Waals surface area contributed by atoms with Gasteiger partial charge in [-0.15, -0.1) is 0 Å². The number of likely N-dealkylation sites (tertiary alicyclic amines) is 1. The fourth-order valence-electron chi connectivity index (χ4n) is 4.06. The molecule has 0 unspecified atom stereocenters. The van der Waals surface area contributed by atoms with Crippen molar-refractivity contribution >= 4 is 10.0 Å². The SMILES string of the molecule is O=S(=O)(Cc1ccccc1)NC1CCN(CC2CCCCC2)CC1. The van der Waals surface area contributed by atoms with Gasteiger partial charge >= 0.3 is 0 Å². The third kappa shape index (κ3) is 5.57. The minimum atomic E-state index is -3.25. The average Bonchev–Trinajstić information content (AvgIpc) is 2.58. The molecule has 1 aromatic rings. The number of nitrogens with zero attached hydrogens (tertiary/aromatic N) is 1. The highest BCUT2D eigenvalue weighted by atomic mass is 32.2. The standard InChI is InChI=1S/C19H30N2O2S/c22-24(23,16-18-9-5-2-6-10-18)20-19-11-13-21(14-12-19)15-17-7-3-1-4-8-17/h2,5-6,9-10,17,19-20H,1,3-4,7-8,11-16H2. The molecule has 0 amide bonds. The Balaban J connectivity index is 1.43. The molecule has 0 aromatic heterocycles. The number of sulfonamides is 1. The first-order valence-electron chi connectivity index (χ1n) is 9.37. The Hall–Kier alpha value is -0.910. The molecule has 134 valence electrons. The van der Waals surface area contributed by atoms with Crippen LogP contribution < -0.4 is 4.72 Å². The molecular formula is C19H30N2O2S. The molecule has 3 rings (SSSR count). The van der Waals surface area contributed by atoms with Crippen molar-refractivity contribution in [2.24, 2.45) is 5.92 Å². The van der Waals surface area contributed by atoms with E-state index in [1.54, 1.807) is 0 Å². The van der Waals surface area contributed by atoms with Crippen molar-refractivity contribution < 1.29 is 8.42 Å². The van der Waals surface area contributed by atoms with Gasteiger partial charge in [-0.25, -0.2) is 13.1 Å². The second-order valence-corrected chi connectivity index (χ2v) is 9.20. The molecule has 0 radical (unpaired) electrons. The predicted molar refractivity (Wildman–Crippen MR) is 98.2 cm³/mol. The Morgan fingerprint density at radius 2 is 1.62 bits per heavy atom. The van der Waals surface area contributed by atoms with Gasteiger partial charge in [0.25, 0.3) is 0 Å². The van der Waals surface area contributed by atoms with Crippen LogP contribution in [0.4, 0.5) is 0 Å². The molecule has 1 aromatic carbocycles. The molecule has 1 aliphatic heterocycles. The van der Waals surface area contributed by atoms with Crippen molar-refractivity contribution in [2.75, 3.05) is 19.6 Å². The van der Waals surface area contributed by atoms with Crippen molar-refractivity contribution in [1.29, 1.82) is 0 Å².